The van der Waals surface area contributed by atoms with Gasteiger partial charge in [-0.3, -0.25) is 9.78 Å². The summed E-state index contributed by atoms with van der Waals surface area (Å²) in [5.74, 6) is -0.432. The first-order valence-corrected chi connectivity index (χ1v) is 8.65. The zero-order valence-corrected chi connectivity index (χ0v) is 15.4. The summed E-state index contributed by atoms with van der Waals surface area (Å²) in [6, 6.07) is 14.3. The van der Waals surface area contributed by atoms with Crippen LogP contribution in [0.2, 0.25) is 0 Å². The van der Waals surface area contributed by atoms with Crippen LogP contribution >= 0.6 is 0 Å². The van der Waals surface area contributed by atoms with Gasteiger partial charge in [-0.2, -0.15) is 18.2 Å². The van der Waals surface area contributed by atoms with Crippen molar-refractivity contribution in [1.29, 1.82) is 0 Å². The number of para-hydroxylation sites is 1. The smallest absolute Gasteiger partial charge is 0.369 e. The average molecular weight is 401 g/mol. The van der Waals surface area contributed by atoms with Crippen molar-refractivity contribution >= 4 is 17.6 Å². The maximum Gasteiger partial charge on any atom is 0.418 e. The van der Waals surface area contributed by atoms with Crippen LogP contribution in [0.1, 0.15) is 22.4 Å². The molecular formula is C20H18F3N5O. The Hall–Kier alpha value is -3.62. The predicted octanol–water partition coefficient (Wildman–Crippen LogP) is 3.75. The van der Waals surface area contributed by atoms with Crippen molar-refractivity contribution in [3.8, 4) is 0 Å². The highest BCUT2D eigenvalue weighted by atomic mass is 19.4. The molecule has 6 nitrogen and oxygen atoms in total. The number of guanidine groups is 1. The van der Waals surface area contributed by atoms with Crippen molar-refractivity contribution in [2.24, 2.45) is 10.7 Å². The van der Waals surface area contributed by atoms with E-state index in [1.54, 1.807) is 6.92 Å². The van der Waals surface area contributed by atoms with Gasteiger partial charge in [-0.1, -0.05) is 42.5 Å². The number of hydrogen-bond acceptors (Lipinski definition) is 3. The molecule has 9 heteroatoms. The molecule has 0 amide bonds. The molecule has 0 aliphatic rings. The Morgan fingerprint density at radius 3 is 2.45 bits per heavy atom. The summed E-state index contributed by atoms with van der Waals surface area (Å²) in [5.41, 5.74) is 6.09. The summed E-state index contributed by atoms with van der Waals surface area (Å²) in [6.45, 7) is 1.66. The SMILES string of the molecule is Cc1nc(/N=C(\N)Nc2ccccc2C(F)(F)F)[nH]c(=O)c1Cc1ccccc1. The number of benzene rings is 2. The number of aryl methyl sites for hydroxylation is 1. The van der Waals surface area contributed by atoms with Crippen LogP contribution in [0.4, 0.5) is 24.8 Å². The molecular weight excluding hydrogens is 383 g/mol. The number of nitrogens with one attached hydrogen (secondary N) is 2. The third kappa shape index (κ3) is 5.01. The molecule has 0 saturated heterocycles. The highest BCUT2D eigenvalue weighted by Crippen LogP contribution is 2.34. The second-order valence-corrected chi connectivity index (χ2v) is 6.28. The molecule has 29 heavy (non-hydrogen) atoms. The van der Waals surface area contributed by atoms with E-state index in [-0.39, 0.29) is 23.2 Å². The van der Waals surface area contributed by atoms with Crippen molar-refractivity contribution in [3.05, 3.63) is 87.3 Å². The molecule has 0 spiro atoms. The molecule has 2 aromatic carbocycles. The lowest BCUT2D eigenvalue weighted by Crippen LogP contribution is -2.25. The van der Waals surface area contributed by atoms with Crippen LogP contribution < -0.4 is 16.6 Å². The van der Waals surface area contributed by atoms with Crippen molar-refractivity contribution in [3.63, 3.8) is 0 Å². The Bertz CT molecular complexity index is 1090. The van der Waals surface area contributed by atoms with Crippen LogP contribution in [0, 0.1) is 6.92 Å². The van der Waals surface area contributed by atoms with Gasteiger partial charge in [0.05, 0.1) is 16.9 Å². The second kappa shape index (κ2) is 8.17. The van der Waals surface area contributed by atoms with E-state index in [1.807, 2.05) is 30.3 Å². The number of aromatic amines is 1. The minimum Gasteiger partial charge on any atom is -0.369 e. The number of alkyl halides is 3. The van der Waals surface area contributed by atoms with Crippen LogP contribution in [0.15, 0.2) is 64.4 Å². The molecule has 150 valence electrons. The molecule has 0 radical (unpaired) electrons. The van der Waals surface area contributed by atoms with E-state index in [0.717, 1.165) is 11.6 Å². The molecule has 0 atom stereocenters. The zero-order valence-electron chi connectivity index (χ0n) is 15.4. The Balaban J connectivity index is 1.85. The van der Waals surface area contributed by atoms with Crippen LogP contribution in [0.25, 0.3) is 0 Å². The fourth-order valence-electron chi connectivity index (χ4n) is 2.78. The van der Waals surface area contributed by atoms with Crippen molar-refractivity contribution < 1.29 is 13.2 Å². The van der Waals surface area contributed by atoms with Gasteiger partial charge in [0.2, 0.25) is 11.9 Å². The topological polar surface area (TPSA) is 96.2 Å². The summed E-state index contributed by atoms with van der Waals surface area (Å²) in [6.07, 6.45) is -4.15. The summed E-state index contributed by atoms with van der Waals surface area (Å²) in [5, 5.41) is 2.40. The second-order valence-electron chi connectivity index (χ2n) is 6.28. The maximum absolute atomic E-state index is 13.1. The number of halogens is 3. The van der Waals surface area contributed by atoms with Crippen LogP contribution in [0.5, 0.6) is 0 Å². The summed E-state index contributed by atoms with van der Waals surface area (Å²) in [7, 11) is 0. The van der Waals surface area contributed by atoms with E-state index >= 15 is 0 Å². The van der Waals surface area contributed by atoms with E-state index in [4.69, 9.17) is 5.73 Å². The number of hydrogen-bond donors (Lipinski definition) is 3. The van der Waals surface area contributed by atoms with Gasteiger partial charge in [-0.25, -0.2) is 4.98 Å². The van der Waals surface area contributed by atoms with Gasteiger partial charge in [0.15, 0.2) is 0 Å². The monoisotopic (exact) mass is 401 g/mol. The Kier molecular flexibility index (Phi) is 5.67. The number of anilines is 1. The number of aromatic nitrogens is 2. The van der Waals surface area contributed by atoms with Crippen LogP contribution in [0.3, 0.4) is 0 Å². The lowest BCUT2D eigenvalue weighted by molar-refractivity contribution is -0.136. The van der Waals surface area contributed by atoms with Gasteiger partial charge in [0.25, 0.3) is 5.56 Å². The molecule has 4 N–H and O–H groups in total. The number of rotatable bonds is 4. The Morgan fingerprint density at radius 1 is 1.14 bits per heavy atom. The highest BCUT2D eigenvalue weighted by molar-refractivity contribution is 5.94. The van der Waals surface area contributed by atoms with E-state index in [2.05, 4.69) is 20.3 Å². The lowest BCUT2D eigenvalue weighted by Gasteiger charge is -2.13. The first-order chi connectivity index (χ1) is 13.7. The molecule has 0 fully saturated rings. The minimum absolute atomic E-state index is 0.0983. The minimum atomic E-state index is -4.55. The lowest BCUT2D eigenvalue weighted by atomic mass is 10.1. The molecule has 3 rings (SSSR count). The summed E-state index contributed by atoms with van der Waals surface area (Å²) >= 11 is 0. The average Bonchev–Trinajstić information content (AvgIpc) is 2.65. The van der Waals surface area contributed by atoms with E-state index < -0.39 is 11.7 Å². The quantitative estimate of drug-likeness (QED) is 0.458. The first kappa shape index (κ1) is 20.1. The molecule has 3 aromatic rings. The molecule has 0 unspecified atom stereocenters. The third-order valence-electron chi connectivity index (χ3n) is 4.16. The number of aliphatic imine (C=N–C) groups is 1. The highest BCUT2D eigenvalue weighted by Gasteiger charge is 2.33. The summed E-state index contributed by atoms with van der Waals surface area (Å²) in [4.78, 5) is 23.0. The van der Waals surface area contributed by atoms with E-state index in [1.165, 1.54) is 18.2 Å². The van der Waals surface area contributed by atoms with Gasteiger partial charge in [-0.15, -0.1) is 0 Å². The molecule has 0 bridgehead atoms. The first-order valence-electron chi connectivity index (χ1n) is 8.65. The van der Waals surface area contributed by atoms with E-state index in [0.29, 0.717) is 17.7 Å². The van der Waals surface area contributed by atoms with Gasteiger partial charge < -0.3 is 11.1 Å². The number of H-pyrrole nitrogens is 1. The maximum atomic E-state index is 13.1. The van der Waals surface area contributed by atoms with Crippen molar-refractivity contribution in [1.82, 2.24) is 9.97 Å². The van der Waals surface area contributed by atoms with Crippen LogP contribution in [-0.4, -0.2) is 15.9 Å². The molecule has 1 aromatic heterocycles. The van der Waals surface area contributed by atoms with Crippen molar-refractivity contribution in [2.45, 2.75) is 19.5 Å². The zero-order chi connectivity index (χ0) is 21.0. The standard InChI is InChI=1S/C20H18F3N5O/c1-12-14(11-13-7-3-2-4-8-13)17(29)27-19(25-12)28-18(24)26-16-10-6-5-9-15(16)20(21,22)23/h2-10H,11H2,1H3,(H4,24,25,26,27,28,29). The Labute approximate surface area is 164 Å². The summed E-state index contributed by atoms with van der Waals surface area (Å²) < 4.78 is 39.2. The van der Waals surface area contributed by atoms with Crippen LogP contribution in [-0.2, 0) is 12.6 Å². The van der Waals surface area contributed by atoms with Gasteiger partial charge >= 0.3 is 6.18 Å². The fraction of sp³-hybridized carbons (Fsp3) is 0.150. The molecule has 0 aliphatic heterocycles. The third-order valence-corrected chi connectivity index (χ3v) is 4.16. The normalized spacial score (nSPS) is 12.1. The molecule has 0 saturated carbocycles. The fourth-order valence-corrected chi connectivity index (χ4v) is 2.78. The van der Waals surface area contributed by atoms with Crippen molar-refractivity contribution in [2.75, 3.05) is 5.32 Å². The van der Waals surface area contributed by atoms with E-state index in [9.17, 15) is 18.0 Å². The Morgan fingerprint density at radius 2 is 1.79 bits per heavy atom. The van der Waals surface area contributed by atoms with Gasteiger partial charge in [-0.05, 0) is 24.6 Å². The van der Waals surface area contributed by atoms with Gasteiger partial charge in [0.1, 0.15) is 0 Å². The number of nitrogens with two attached hydrogens (primary N) is 1. The largest absolute Gasteiger partial charge is 0.418 e. The molecule has 0 aliphatic carbocycles. The van der Waals surface area contributed by atoms with Gasteiger partial charge in [0, 0.05) is 12.0 Å². The number of nitrogens with zero attached hydrogens (tertiary/aromatic N) is 2. The molecule has 1 heterocycles. The predicted molar refractivity (Wildman–Crippen MR) is 105 cm³/mol.